The van der Waals surface area contributed by atoms with E-state index in [0.717, 1.165) is 12.2 Å². The summed E-state index contributed by atoms with van der Waals surface area (Å²) in [6, 6.07) is 7.12. The summed E-state index contributed by atoms with van der Waals surface area (Å²) in [7, 11) is 0. The van der Waals surface area contributed by atoms with Gasteiger partial charge in [-0.2, -0.15) is 0 Å². The number of ether oxygens (including phenoxy) is 1. The van der Waals surface area contributed by atoms with Gasteiger partial charge in [-0.15, -0.1) is 0 Å². The second kappa shape index (κ2) is 6.24. The Bertz CT molecular complexity index is 508. The van der Waals surface area contributed by atoms with Crippen LogP contribution in [0.25, 0.3) is 0 Å². The molecule has 5 heteroatoms. The van der Waals surface area contributed by atoms with Crippen LogP contribution in [0.1, 0.15) is 12.7 Å². The lowest BCUT2D eigenvalue weighted by molar-refractivity contribution is 0.0918. The van der Waals surface area contributed by atoms with Gasteiger partial charge in [-0.1, -0.05) is 6.92 Å². The Kier molecular flexibility index (Phi) is 4.41. The maximum absolute atomic E-state index is 9.96. The molecule has 0 bridgehead atoms. The minimum atomic E-state index is -0.572. The number of nitrogen functional groups attached to an aromatic ring is 1. The number of rotatable bonds is 6. The Balaban J connectivity index is 1.84. The summed E-state index contributed by atoms with van der Waals surface area (Å²) in [5, 5.41) is 9.96. The largest absolute Gasteiger partial charge is 0.491 e. The molecule has 3 N–H and O–H groups in total. The molecule has 0 saturated heterocycles. The number of hydrogen-bond donors (Lipinski definition) is 2. The van der Waals surface area contributed by atoms with Crippen LogP contribution < -0.4 is 10.5 Å². The van der Waals surface area contributed by atoms with Gasteiger partial charge in [0.25, 0.3) is 0 Å². The highest BCUT2D eigenvalue weighted by Crippen LogP contribution is 2.13. The number of aliphatic hydroxyl groups is 1. The summed E-state index contributed by atoms with van der Waals surface area (Å²) in [5.41, 5.74) is 6.28. The third-order valence-corrected chi connectivity index (χ3v) is 2.85. The molecule has 5 nitrogen and oxygen atoms in total. The Morgan fingerprint density at radius 3 is 2.79 bits per heavy atom. The van der Waals surface area contributed by atoms with E-state index in [1.54, 1.807) is 30.5 Å². The van der Waals surface area contributed by atoms with Crippen LogP contribution in [-0.4, -0.2) is 27.4 Å². The van der Waals surface area contributed by atoms with Gasteiger partial charge in [0.2, 0.25) is 0 Å². The van der Waals surface area contributed by atoms with Gasteiger partial charge in [0, 0.05) is 24.5 Å². The third kappa shape index (κ3) is 3.72. The van der Waals surface area contributed by atoms with E-state index < -0.39 is 6.10 Å². The van der Waals surface area contributed by atoms with Crippen molar-refractivity contribution in [2.24, 2.45) is 0 Å². The van der Waals surface area contributed by atoms with Crippen LogP contribution in [0.2, 0.25) is 0 Å². The number of nitrogens with two attached hydrogens (primary N) is 1. The lowest BCUT2D eigenvalue weighted by Crippen LogP contribution is -2.24. The van der Waals surface area contributed by atoms with Gasteiger partial charge in [0.05, 0.1) is 6.54 Å². The molecule has 1 aromatic heterocycles. The van der Waals surface area contributed by atoms with E-state index >= 15 is 0 Å². The molecule has 0 fully saturated rings. The van der Waals surface area contributed by atoms with Crippen LogP contribution in [0, 0.1) is 0 Å². The molecule has 0 saturated carbocycles. The second-order valence-electron chi connectivity index (χ2n) is 4.38. The van der Waals surface area contributed by atoms with E-state index in [1.807, 2.05) is 17.7 Å². The van der Waals surface area contributed by atoms with Crippen LogP contribution in [0.3, 0.4) is 0 Å². The predicted molar refractivity (Wildman–Crippen MR) is 74.0 cm³/mol. The Morgan fingerprint density at radius 2 is 2.11 bits per heavy atom. The summed E-state index contributed by atoms with van der Waals surface area (Å²) < 4.78 is 7.45. The predicted octanol–water partition coefficient (Wildman–Crippen LogP) is 1.47. The number of aliphatic hydroxyl groups excluding tert-OH is 1. The van der Waals surface area contributed by atoms with E-state index in [9.17, 15) is 5.11 Å². The van der Waals surface area contributed by atoms with Crippen molar-refractivity contribution >= 4 is 5.69 Å². The topological polar surface area (TPSA) is 73.3 Å². The van der Waals surface area contributed by atoms with E-state index in [1.165, 1.54) is 0 Å². The van der Waals surface area contributed by atoms with Gasteiger partial charge in [-0.05, 0) is 24.3 Å². The number of anilines is 1. The van der Waals surface area contributed by atoms with E-state index in [-0.39, 0.29) is 6.61 Å². The molecule has 102 valence electrons. The molecule has 0 aliphatic heterocycles. The molecule has 1 heterocycles. The Morgan fingerprint density at radius 1 is 1.37 bits per heavy atom. The number of aryl methyl sites for hydroxylation is 1. The first-order valence-corrected chi connectivity index (χ1v) is 6.35. The number of aromatic nitrogens is 2. The standard InChI is InChI=1S/C14H19N3O2/c1-2-14-16-7-8-17(14)9-12(18)10-19-13-5-3-11(15)4-6-13/h3-8,12,18H,2,9-10,15H2,1H3. The second-order valence-corrected chi connectivity index (χ2v) is 4.38. The minimum absolute atomic E-state index is 0.241. The van der Waals surface area contributed by atoms with Gasteiger partial charge in [-0.25, -0.2) is 4.98 Å². The fourth-order valence-electron chi connectivity index (χ4n) is 1.86. The monoisotopic (exact) mass is 261 g/mol. The van der Waals surface area contributed by atoms with E-state index in [2.05, 4.69) is 4.98 Å². The number of nitrogens with zero attached hydrogens (tertiary/aromatic N) is 2. The SMILES string of the molecule is CCc1nccn1CC(O)COc1ccc(N)cc1. The van der Waals surface area contributed by atoms with Gasteiger partial charge in [-0.3, -0.25) is 0 Å². The van der Waals surface area contributed by atoms with E-state index in [4.69, 9.17) is 10.5 Å². The lowest BCUT2D eigenvalue weighted by Gasteiger charge is -2.14. The smallest absolute Gasteiger partial charge is 0.119 e. The fourth-order valence-corrected chi connectivity index (χ4v) is 1.86. The van der Waals surface area contributed by atoms with E-state index in [0.29, 0.717) is 18.0 Å². The third-order valence-electron chi connectivity index (χ3n) is 2.85. The first kappa shape index (κ1) is 13.4. The van der Waals surface area contributed by atoms with Crippen LogP contribution in [0.15, 0.2) is 36.7 Å². The average molecular weight is 261 g/mol. The zero-order chi connectivity index (χ0) is 13.7. The maximum atomic E-state index is 9.96. The van der Waals surface area contributed by atoms with Gasteiger partial charge < -0.3 is 20.1 Å². The van der Waals surface area contributed by atoms with Crippen molar-refractivity contribution in [3.8, 4) is 5.75 Å². The molecule has 0 radical (unpaired) electrons. The number of benzene rings is 1. The maximum Gasteiger partial charge on any atom is 0.119 e. The zero-order valence-electron chi connectivity index (χ0n) is 11.0. The molecule has 0 aliphatic rings. The van der Waals surface area contributed by atoms with Gasteiger partial charge in [0.15, 0.2) is 0 Å². The van der Waals surface area contributed by atoms with Crippen molar-refractivity contribution in [1.29, 1.82) is 0 Å². The molecule has 19 heavy (non-hydrogen) atoms. The van der Waals surface area contributed by atoms with Crippen LogP contribution >= 0.6 is 0 Å². The fraction of sp³-hybridized carbons (Fsp3) is 0.357. The molecule has 2 aromatic rings. The molecule has 1 aromatic carbocycles. The molecule has 0 spiro atoms. The number of hydrogen-bond acceptors (Lipinski definition) is 4. The molecule has 2 rings (SSSR count). The van der Waals surface area contributed by atoms with Crippen LogP contribution in [0.4, 0.5) is 5.69 Å². The highest BCUT2D eigenvalue weighted by Gasteiger charge is 2.09. The molecular formula is C14H19N3O2. The first-order valence-electron chi connectivity index (χ1n) is 6.35. The summed E-state index contributed by atoms with van der Waals surface area (Å²) in [6.07, 6.45) is 3.88. The normalized spacial score (nSPS) is 12.3. The average Bonchev–Trinajstić information content (AvgIpc) is 2.85. The molecule has 1 unspecified atom stereocenters. The lowest BCUT2D eigenvalue weighted by atomic mass is 10.3. The van der Waals surface area contributed by atoms with Crippen LogP contribution in [-0.2, 0) is 13.0 Å². The van der Waals surface area contributed by atoms with Gasteiger partial charge >= 0.3 is 0 Å². The van der Waals surface area contributed by atoms with Crippen molar-refractivity contribution in [3.05, 3.63) is 42.5 Å². The van der Waals surface area contributed by atoms with Crippen molar-refractivity contribution in [2.45, 2.75) is 26.0 Å². The van der Waals surface area contributed by atoms with Gasteiger partial charge in [0.1, 0.15) is 24.3 Å². The zero-order valence-corrected chi connectivity index (χ0v) is 11.0. The first-order chi connectivity index (χ1) is 9.19. The summed E-state index contributed by atoms with van der Waals surface area (Å²) in [6.45, 7) is 2.76. The minimum Gasteiger partial charge on any atom is -0.491 e. The quantitative estimate of drug-likeness (QED) is 0.772. The van der Waals surface area contributed by atoms with Crippen LogP contribution in [0.5, 0.6) is 5.75 Å². The summed E-state index contributed by atoms with van der Waals surface area (Å²) >= 11 is 0. The molecular weight excluding hydrogens is 242 g/mol. The van der Waals surface area contributed by atoms with Crippen molar-refractivity contribution in [3.63, 3.8) is 0 Å². The highest BCUT2D eigenvalue weighted by molar-refractivity contribution is 5.41. The molecule has 0 amide bonds. The van der Waals surface area contributed by atoms with Crippen molar-refractivity contribution in [1.82, 2.24) is 9.55 Å². The summed E-state index contributed by atoms with van der Waals surface area (Å²) in [5.74, 6) is 1.67. The van der Waals surface area contributed by atoms with Crippen molar-refractivity contribution in [2.75, 3.05) is 12.3 Å². The number of imidazole rings is 1. The summed E-state index contributed by atoms with van der Waals surface area (Å²) in [4.78, 5) is 4.21. The van der Waals surface area contributed by atoms with Crippen molar-refractivity contribution < 1.29 is 9.84 Å². The Labute approximate surface area is 112 Å². The molecule has 1 atom stereocenters. The Hall–Kier alpha value is -2.01. The molecule has 0 aliphatic carbocycles. The highest BCUT2D eigenvalue weighted by atomic mass is 16.5.